The third kappa shape index (κ3) is 4.89. The lowest BCUT2D eigenvalue weighted by atomic mass is 9.86. The number of carbonyl (C=O) groups is 2. The number of thiophene rings is 1. The van der Waals surface area contributed by atoms with E-state index in [1.54, 1.807) is 18.4 Å². The van der Waals surface area contributed by atoms with Gasteiger partial charge in [-0.05, 0) is 60.9 Å². The van der Waals surface area contributed by atoms with Crippen LogP contribution in [0.15, 0.2) is 41.8 Å². The molecule has 1 unspecified atom stereocenters. The standard InChI is InChI=1S/C25H26N2O4S/c1-16(14-30-2)26-22(28)15-31-25(29)23-19-9-3-4-11-21(19)27-24-17(7-5-10-20(23)24)13-18-8-6-12-32-18/h3-4,6,8-9,11-13,16H,5,7,10,14-15H2,1-2H3,(H,26,28). The normalized spacial score (nSPS) is 15.4. The first-order valence-electron chi connectivity index (χ1n) is 10.7. The number of methoxy groups -OCH3 is 1. The van der Waals surface area contributed by atoms with Gasteiger partial charge in [0.2, 0.25) is 0 Å². The topological polar surface area (TPSA) is 77.5 Å². The third-order valence-corrected chi connectivity index (χ3v) is 6.21. The van der Waals surface area contributed by atoms with Crippen molar-refractivity contribution in [3.8, 4) is 0 Å². The molecule has 0 spiro atoms. The third-order valence-electron chi connectivity index (χ3n) is 5.39. The van der Waals surface area contributed by atoms with Crippen LogP contribution in [-0.2, 0) is 20.7 Å². The monoisotopic (exact) mass is 450 g/mol. The van der Waals surface area contributed by atoms with Crippen molar-refractivity contribution < 1.29 is 19.1 Å². The molecule has 3 aromatic rings. The highest BCUT2D eigenvalue weighted by molar-refractivity contribution is 7.10. The van der Waals surface area contributed by atoms with Crippen LogP contribution in [0.25, 0.3) is 22.6 Å². The largest absolute Gasteiger partial charge is 0.452 e. The molecule has 0 radical (unpaired) electrons. The highest BCUT2D eigenvalue weighted by atomic mass is 32.1. The number of para-hydroxylation sites is 1. The molecule has 1 amide bonds. The van der Waals surface area contributed by atoms with E-state index in [0.29, 0.717) is 12.2 Å². The van der Waals surface area contributed by atoms with Gasteiger partial charge >= 0.3 is 5.97 Å². The van der Waals surface area contributed by atoms with Gasteiger partial charge in [-0.3, -0.25) is 4.79 Å². The minimum atomic E-state index is -0.494. The fraction of sp³-hybridized carbons (Fsp3) is 0.320. The second kappa shape index (κ2) is 10.1. The fourth-order valence-electron chi connectivity index (χ4n) is 4.06. The lowest BCUT2D eigenvalue weighted by molar-refractivity contribution is -0.125. The zero-order chi connectivity index (χ0) is 22.5. The smallest absolute Gasteiger partial charge is 0.339 e. The summed E-state index contributed by atoms with van der Waals surface area (Å²) in [6.45, 7) is 1.88. The molecule has 2 heterocycles. The van der Waals surface area contributed by atoms with E-state index in [1.807, 2.05) is 42.6 Å². The van der Waals surface area contributed by atoms with Crippen molar-refractivity contribution in [1.82, 2.24) is 10.3 Å². The van der Waals surface area contributed by atoms with Crippen LogP contribution < -0.4 is 5.32 Å². The van der Waals surface area contributed by atoms with E-state index in [9.17, 15) is 9.59 Å². The average Bonchev–Trinajstić information content (AvgIpc) is 3.29. The lowest BCUT2D eigenvalue weighted by Gasteiger charge is -2.22. The van der Waals surface area contributed by atoms with Gasteiger partial charge in [-0.1, -0.05) is 24.3 Å². The molecule has 7 heteroatoms. The molecule has 0 aliphatic heterocycles. The average molecular weight is 451 g/mol. The number of pyridine rings is 1. The van der Waals surface area contributed by atoms with Crippen LogP contribution in [0.3, 0.4) is 0 Å². The first-order chi connectivity index (χ1) is 15.6. The molecule has 6 nitrogen and oxygen atoms in total. The number of amides is 1. The van der Waals surface area contributed by atoms with Crippen molar-refractivity contribution in [3.63, 3.8) is 0 Å². The SMILES string of the molecule is COCC(C)NC(=O)COC(=O)c1c2c(nc3ccccc13)C(=Cc1cccs1)CCC2. The van der Waals surface area contributed by atoms with Crippen molar-refractivity contribution in [2.24, 2.45) is 0 Å². The van der Waals surface area contributed by atoms with Crippen LogP contribution in [-0.4, -0.2) is 43.2 Å². The predicted molar refractivity (Wildman–Crippen MR) is 127 cm³/mol. The molecule has 1 aromatic carbocycles. The number of rotatable bonds is 7. The molecule has 0 saturated carbocycles. The zero-order valence-corrected chi connectivity index (χ0v) is 19.0. The van der Waals surface area contributed by atoms with E-state index in [-0.39, 0.29) is 18.6 Å². The zero-order valence-electron chi connectivity index (χ0n) is 18.2. The Hall–Kier alpha value is -3.03. The molecule has 1 aliphatic rings. The Morgan fingerprint density at radius 1 is 1.22 bits per heavy atom. The Morgan fingerprint density at radius 3 is 2.84 bits per heavy atom. The number of fused-ring (bicyclic) bond motifs is 2. The van der Waals surface area contributed by atoms with Gasteiger partial charge in [0, 0.05) is 23.4 Å². The van der Waals surface area contributed by atoms with Gasteiger partial charge in [-0.25, -0.2) is 9.78 Å². The molecule has 1 atom stereocenters. The molecule has 2 aromatic heterocycles. The fourth-order valence-corrected chi connectivity index (χ4v) is 4.75. The molecule has 1 aliphatic carbocycles. The summed E-state index contributed by atoms with van der Waals surface area (Å²) in [6, 6.07) is 11.5. The Kier molecular flexibility index (Phi) is 6.97. The molecular formula is C25H26N2O4S. The Bertz CT molecular complexity index is 1150. The summed E-state index contributed by atoms with van der Waals surface area (Å²) in [6.07, 6.45) is 4.74. The van der Waals surface area contributed by atoms with Gasteiger partial charge in [-0.2, -0.15) is 0 Å². The molecule has 4 rings (SSSR count). The number of hydrogen-bond acceptors (Lipinski definition) is 6. The van der Waals surface area contributed by atoms with Gasteiger partial charge in [0.25, 0.3) is 5.91 Å². The number of hydrogen-bond donors (Lipinski definition) is 1. The quantitative estimate of drug-likeness (QED) is 0.537. The summed E-state index contributed by atoms with van der Waals surface area (Å²) in [7, 11) is 1.57. The van der Waals surface area contributed by atoms with E-state index in [2.05, 4.69) is 17.5 Å². The van der Waals surface area contributed by atoms with Crippen LogP contribution >= 0.6 is 11.3 Å². The molecule has 1 N–H and O–H groups in total. The highest BCUT2D eigenvalue weighted by Crippen LogP contribution is 2.36. The number of ether oxygens (including phenoxy) is 2. The molecule has 0 saturated heterocycles. The van der Waals surface area contributed by atoms with Crippen LogP contribution in [0, 0.1) is 0 Å². The number of nitrogens with one attached hydrogen (secondary N) is 1. The summed E-state index contributed by atoms with van der Waals surface area (Å²) < 4.78 is 10.5. The molecule has 0 fully saturated rings. The van der Waals surface area contributed by atoms with E-state index < -0.39 is 5.97 Å². The number of benzene rings is 1. The van der Waals surface area contributed by atoms with Crippen molar-refractivity contribution in [2.45, 2.75) is 32.2 Å². The van der Waals surface area contributed by atoms with Gasteiger partial charge in [-0.15, -0.1) is 11.3 Å². The number of nitrogens with zero attached hydrogens (tertiary/aromatic N) is 1. The predicted octanol–water partition coefficient (Wildman–Crippen LogP) is 4.48. The van der Waals surface area contributed by atoms with Crippen LogP contribution in [0.5, 0.6) is 0 Å². The van der Waals surface area contributed by atoms with E-state index >= 15 is 0 Å². The molecular weight excluding hydrogens is 424 g/mol. The highest BCUT2D eigenvalue weighted by Gasteiger charge is 2.26. The molecule has 0 bridgehead atoms. The van der Waals surface area contributed by atoms with E-state index in [4.69, 9.17) is 14.5 Å². The van der Waals surface area contributed by atoms with Gasteiger partial charge in [0.15, 0.2) is 6.61 Å². The second-order valence-corrected chi connectivity index (χ2v) is 8.85. The van der Waals surface area contributed by atoms with Gasteiger partial charge in [0.1, 0.15) is 0 Å². The lowest BCUT2D eigenvalue weighted by Crippen LogP contribution is -2.38. The van der Waals surface area contributed by atoms with Crippen molar-refractivity contribution >= 4 is 45.8 Å². The number of esters is 1. The van der Waals surface area contributed by atoms with Crippen molar-refractivity contribution in [3.05, 3.63) is 63.5 Å². The number of carbonyl (C=O) groups excluding carboxylic acids is 2. The Labute approximate surface area is 191 Å². The minimum Gasteiger partial charge on any atom is -0.452 e. The van der Waals surface area contributed by atoms with Crippen LogP contribution in [0.1, 0.15) is 46.3 Å². The summed E-state index contributed by atoms with van der Waals surface area (Å²) in [4.78, 5) is 31.5. The van der Waals surface area contributed by atoms with Crippen molar-refractivity contribution in [1.29, 1.82) is 0 Å². The maximum Gasteiger partial charge on any atom is 0.339 e. The maximum atomic E-state index is 13.2. The molecule has 166 valence electrons. The first-order valence-corrected chi connectivity index (χ1v) is 11.6. The summed E-state index contributed by atoms with van der Waals surface area (Å²) in [5.74, 6) is -0.847. The Morgan fingerprint density at radius 2 is 2.06 bits per heavy atom. The molecule has 32 heavy (non-hydrogen) atoms. The first kappa shape index (κ1) is 22.2. The summed E-state index contributed by atoms with van der Waals surface area (Å²) >= 11 is 1.68. The van der Waals surface area contributed by atoms with Crippen molar-refractivity contribution in [2.75, 3.05) is 20.3 Å². The minimum absolute atomic E-state index is 0.161. The second-order valence-electron chi connectivity index (χ2n) is 7.87. The van der Waals surface area contributed by atoms with E-state index in [1.165, 1.54) is 0 Å². The van der Waals surface area contributed by atoms with E-state index in [0.717, 1.165) is 51.9 Å². The number of aromatic nitrogens is 1. The maximum absolute atomic E-state index is 13.2. The summed E-state index contributed by atoms with van der Waals surface area (Å²) in [5, 5.41) is 5.56. The Balaban J connectivity index is 1.67. The number of allylic oxidation sites excluding steroid dienone is 1. The van der Waals surface area contributed by atoms with Crippen LogP contribution in [0.4, 0.5) is 0 Å². The van der Waals surface area contributed by atoms with Gasteiger partial charge in [0.05, 0.1) is 23.4 Å². The van der Waals surface area contributed by atoms with Gasteiger partial charge < -0.3 is 14.8 Å². The van der Waals surface area contributed by atoms with Crippen LogP contribution in [0.2, 0.25) is 0 Å². The summed E-state index contributed by atoms with van der Waals surface area (Å²) in [5.41, 5.74) is 4.14.